The average molecular weight is 505 g/mol. The van der Waals surface area contributed by atoms with Gasteiger partial charge in [-0.05, 0) is 56.4 Å². The minimum absolute atomic E-state index is 0.176. The van der Waals surface area contributed by atoms with Gasteiger partial charge in [0.15, 0.2) is 0 Å². The van der Waals surface area contributed by atoms with Crippen LogP contribution < -0.4 is 15.6 Å². The molecule has 1 atom stereocenters. The van der Waals surface area contributed by atoms with E-state index in [0.717, 1.165) is 30.4 Å². The van der Waals surface area contributed by atoms with Crippen LogP contribution in [0.25, 0.3) is 26.2 Å². The lowest BCUT2D eigenvalue weighted by Crippen LogP contribution is -2.35. The van der Waals surface area contributed by atoms with Crippen molar-refractivity contribution in [2.24, 2.45) is 0 Å². The van der Waals surface area contributed by atoms with Crippen molar-refractivity contribution in [3.8, 4) is 16.9 Å². The molecule has 1 fully saturated rings. The molecule has 2 aromatic heterocycles. The van der Waals surface area contributed by atoms with E-state index in [1.165, 1.54) is 17.8 Å². The lowest BCUT2D eigenvalue weighted by molar-refractivity contribution is -0.137. The van der Waals surface area contributed by atoms with Gasteiger partial charge in [-0.25, -0.2) is 0 Å². The van der Waals surface area contributed by atoms with Gasteiger partial charge < -0.3 is 15.2 Å². The number of carbonyl (C=O) groups excluding carboxylic acids is 1. The van der Waals surface area contributed by atoms with Gasteiger partial charge in [-0.2, -0.15) is 0 Å². The summed E-state index contributed by atoms with van der Waals surface area (Å²) in [6.07, 6.45) is 5.59. The van der Waals surface area contributed by atoms with Gasteiger partial charge in [0.25, 0.3) is 11.5 Å². The molecule has 1 aliphatic rings. The molecule has 1 amide bonds. The number of hydrogen-bond acceptors (Lipinski definition) is 5. The molecule has 1 aliphatic carbocycles. The summed E-state index contributed by atoms with van der Waals surface area (Å²) in [6, 6.07) is 16.0. The van der Waals surface area contributed by atoms with Gasteiger partial charge in [0.1, 0.15) is 10.6 Å². The van der Waals surface area contributed by atoms with Gasteiger partial charge in [-0.1, -0.05) is 36.8 Å². The SMILES string of the molecule is CC(CC(=O)O)NC(=O)c1cc(-c2ccccc2)c(=O)n2c1sc1ccc(OC3CCCCC3)cc12. The Balaban J connectivity index is 1.65. The number of thiazole rings is 1. The van der Waals surface area contributed by atoms with Crippen LogP contribution in [-0.2, 0) is 4.79 Å². The van der Waals surface area contributed by atoms with Crippen LogP contribution in [0.4, 0.5) is 0 Å². The number of carboxylic acids is 1. The molecule has 5 rings (SSSR count). The number of carboxylic acid groups (broad SMARTS) is 1. The van der Waals surface area contributed by atoms with Crippen molar-refractivity contribution < 1.29 is 19.4 Å². The van der Waals surface area contributed by atoms with Gasteiger partial charge in [0.2, 0.25) is 0 Å². The maximum Gasteiger partial charge on any atom is 0.305 e. The first-order valence-electron chi connectivity index (χ1n) is 12.3. The summed E-state index contributed by atoms with van der Waals surface area (Å²) in [7, 11) is 0. The molecule has 0 saturated heterocycles. The number of aliphatic carboxylic acids is 1. The molecule has 186 valence electrons. The second-order valence-corrected chi connectivity index (χ2v) is 10.4. The standard InChI is InChI=1S/C28H28N2O5S/c1-17(14-25(31)32)29-26(33)22-16-21(18-8-4-2-5-9-18)27(34)30-23-15-20(12-13-24(23)36-28(22)30)35-19-10-6-3-7-11-19/h2,4-5,8-9,12-13,15-17,19H,3,6-7,10-11,14H2,1H3,(H,29,33)(H,31,32). The predicted octanol–water partition coefficient (Wildman–Crippen LogP) is 5.49. The largest absolute Gasteiger partial charge is 0.490 e. The Bertz CT molecular complexity index is 1480. The minimum atomic E-state index is -0.991. The van der Waals surface area contributed by atoms with Crippen molar-refractivity contribution in [1.82, 2.24) is 9.72 Å². The Morgan fingerprint density at radius 1 is 1.11 bits per heavy atom. The maximum absolute atomic E-state index is 13.8. The second kappa shape index (κ2) is 10.1. The minimum Gasteiger partial charge on any atom is -0.490 e. The quantitative estimate of drug-likeness (QED) is 0.347. The zero-order valence-electron chi connectivity index (χ0n) is 20.0. The van der Waals surface area contributed by atoms with E-state index in [2.05, 4.69) is 5.32 Å². The molecule has 0 bridgehead atoms. The van der Waals surface area contributed by atoms with E-state index >= 15 is 0 Å². The van der Waals surface area contributed by atoms with Crippen molar-refractivity contribution in [3.05, 3.63) is 70.5 Å². The predicted molar refractivity (Wildman–Crippen MR) is 141 cm³/mol. The van der Waals surface area contributed by atoms with Gasteiger partial charge >= 0.3 is 5.97 Å². The second-order valence-electron chi connectivity index (χ2n) is 9.37. The summed E-state index contributed by atoms with van der Waals surface area (Å²) in [6.45, 7) is 1.65. The molecule has 0 aliphatic heterocycles. The van der Waals surface area contributed by atoms with Crippen molar-refractivity contribution in [2.45, 2.75) is 57.6 Å². The number of amides is 1. The number of rotatable bonds is 7. The van der Waals surface area contributed by atoms with E-state index in [1.54, 1.807) is 17.4 Å². The number of nitrogens with one attached hydrogen (secondary N) is 1. The van der Waals surface area contributed by atoms with Crippen molar-refractivity contribution in [1.29, 1.82) is 0 Å². The van der Waals surface area contributed by atoms with Gasteiger partial charge in [0, 0.05) is 17.7 Å². The highest BCUT2D eigenvalue weighted by atomic mass is 32.1. The Morgan fingerprint density at radius 2 is 1.86 bits per heavy atom. The van der Waals surface area contributed by atoms with E-state index in [9.17, 15) is 14.4 Å². The molecule has 2 heterocycles. The van der Waals surface area contributed by atoms with Crippen LogP contribution in [0.3, 0.4) is 0 Å². The molecule has 7 nitrogen and oxygen atoms in total. The van der Waals surface area contributed by atoms with E-state index in [4.69, 9.17) is 9.84 Å². The summed E-state index contributed by atoms with van der Waals surface area (Å²) < 4.78 is 8.71. The van der Waals surface area contributed by atoms with Crippen molar-refractivity contribution in [2.75, 3.05) is 0 Å². The molecule has 2 N–H and O–H groups in total. The zero-order chi connectivity index (χ0) is 25.2. The summed E-state index contributed by atoms with van der Waals surface area (Å²) in [5, 5.41) is 11.9. The van der Waals surface area contributed by atoms with Crippen LogP contribution in [0.2, 0.25) is 0 Å². The first-order chi connectivity index (χ1) is 17.4. The number of carbonyl (C=O) groups is 2. The molecule has 8 heteroatoms. The van der Waals surface area contributed by atoms with Crippen LogP contribution in [0.15, 0.2) is 59.4 Å². The molecule has 0 spiro atoms. The van der Waals surface area contributed by atoms with E-state index in [0.29, 0.717) is 32.8 Å². The van der Waals surface area contributed by atoms with E-state index in [1.807, 2.05) is 48.5 Å². The molecule has 1 unspecified atom stereocenters. The third kappa shape index (κ3) is 4.86. The van der Waals surface area contributed by atoms with Crippen LogP contribution in [0.5, 0.6) is 5.75 Å². The van der Waals surface area contributed by atoms with E-state index < -0.39 is 17.9 Å². The highest BCUT2D eigenvalue weighted by molar-refractivity contribution is 7.24. The van der Waals surface area contributed by atoms with Crippen LogP contribution >= 0.6 is 11.3 Å². The molecule has 1 saturated carbocycles. The van der Waals surface area contributed by atoms with E-state index in [-0.39, 0.29) is 18.1 Å². The number of aromatic nitrogens is 1. The molecule has 4 aromatic rings. The van der Waals surface area contributed by atoms with Gasteiger partial charge in [-0.15, -0.1) is 11.3 Å². The fraction of sp³-hybridized carbons (Fsp3) is 0.321. The summed E-state index contributed by atoms with van der Waals surface area (Å²) >= 11 is 1.36. The molecular weight excluding hydrogens is 476 g/mol. The van der Waals surface area contributed by atoms with Crippen LogP contribution in [0, 0.1) is 0 Å². The van der Waals surface area contributed by atoms with Crippen molar-refractivity contribution in [3.63, 3.8) is 0 Å². The molecule has 2 aromatic carbocycles. The fourth-order valence-electron chi connectivity index (χ4n) is 4.83. The number of nitrogens with zero attached hydrogens (tertiary/aromatic N) is 1. The molecule has 0 radical (unpaired) electrons. The normalized spacial score (nSPS) is 15.1. The smallest absolute Gasteiger partial charge is 0.305 e. The van der Waals surface area contributed by atoms with Crippen molar-refractivity contribution >= 4 is 38.3 Å². The van der Waals surface area contributed by atoms with Crippen LogP contribution in [0.1, 0.15) is 55.8 Å². The van der Waals surface area contributed by atoms with Crippen LogP contribution in [-0.4, -0.2) is 33.5 Å². The first kappa shape index (κ1) is 24.1. The van der Waals surface area contributed by atoms with Gasteiger partial charge in [-0.3, -0.25) is 18.8 Å². The molecule has 36 heavy (non-hydrogen) atoms. The lowest BCUT2D eigenvalue weighted by Gasteiger charge is -2.23. The Morgan fingerprint density at radius 3 is 2.58 bits per heavy atom. The summed E-state index contributed by atoms with van der Waals surface area (Å²) in [5.41, 5.74) is 1.92. The Hall–Kier alpha value is -3.65. The number of benzene rings is 2. The monoisotopic (exact) mass is 504 g/mol. The lowest BCUT2D eigenvalue weighted by atomic mass is 9.98. The van der Waals surface area contributed by atoms with Gasteiger partial charge in [0.05, 0.1) is 28.3 Å². The fourth-order valence-corrected chi connectivity index (χ4v) is 5.97. The highest BCUT2D eigenvalue weighted by Gasteiger charge is 2.22. The first-order valence-corrected chi connectivity index (χ1v) is 13.1. The number of hydrogen-bond donors (Lipinski definition) is 2. The molecular formula is C28H28N2O5S. The number of fused-ring (bicyclic) bond motifs is 3. The third-order valence-electron chi connectivity index (χ3n) is 6.58. The third-order valence-corrected chi connectivity index (χ3v) is 7.74. The number of pyridine rings is 1. The maximum atomic E-state index is 13.8. The Labute approximate surface area is 212 Å². The zero-order valence-corrected chi connectivity index (χ0v) is 20.8. The Kier molecular flexibility index (Phi) is 6.78. The highest BCUT2D eigenvalue weighted by Crippen LogP contribution is 2.33. The number of ether oxygens (including phenoxy) is 1. The summed E-state index contributed by atoms with van der Waals surface area (Å²) in [4.78, 5) is 38.7. The topological polar surface area (TPSA) is 97.1 Å². The average Bonchev–Trinajstić information content (AvgIpc) is 3.24. The summed E-state index contributed by atoms with van der Waals surface area (Å²) in [5.74, 6) is -0.689.